The Balaban J connectivity index is 2.90. The van der Waals surface area contributed by atoms with E-state index in [2.05, 4.69) is 20.9 Å². The standard InChI is InChI=1S/C7H3BrCl2N2OS/c8-5-6(10)14-7-11-3(2-9)1-4(13)12(5)7/h1H,2H2. The number of fused-ring (bicyclic) bond motifs is 1. The maximum absolute atomic E-state index is 11.6. The molecule has 0 aliphatic rings. The van der Waals surface area contributed by atoms with Gasteiger partial charge in [-0.2, -0.15) is 0 Å². The van der Waals surface area contributed by atoms with Gasteiger partial charge in [0.15, 0.2) is 4.96 Å². The summed E-state index contributed by atoms with van der Waals surface area (Å²) in [4.78, 5) is 16.3. The van der Waals surface area contributed by atoms with E-state index in [1.165, 1.54) is 21.8 Å². The van der Waals surface area contributed by atoms with Crippen molar-refractivity contribution in [2.75, 3.05) is 0 Å². The van der Waals surface area contributed by atoms with Gasteiger partial charge in [-0.1, -0.05) is 22.9 Å². The molecule has 14 heavy (non-hydrogen) atoms. The van der Waals surface area contributed by atoms with Crippen LogP contribution >= 0.6 is 50.5 Å². The maximum atomic E-state index is 11.6. The lowest BCUT2D eigenvalue weighted by Crippen LogP contribution is -2.13. The minimum absolute atomic E-state index is 0.180. The normalized spacial score (nSPS) is 11.1. The van der Waals surface area contributed by atoms with Gasteiger partial charge in [0.05, 0.1) is 11.6 Å². The number of hydrogen-bond donors (Lipinski definition) is 0. The smallest absolute Gasteiger partial charge is 0.259 e. The summed E-state index contributed by atoms with van der Waals surface area (Å²) in [5.41, 5.74) is 0.378. The van der Waals surface area contributed by atoms with E-state index in [0.717, 1.165) is 0 Å². The van der Waals surface area contributed by atoms with E-state index in [1.807, 2.05) is 0 Å². The first-order valence-electron chi connectivity index (χ1n) is 3.56. The second-order valence-corrected chi connectivity index (χ2v) is 5.10. The lowest BCUT2D eigenvalue weighted by atomic mass is 10.4. The zero-order valence-electron chi connectivity index (χ0n) is 6.63. The Morgan fingerprint density at radius 2 is 2.36 bits per heavy atom. The van der Waals surface area contributed by atoms with Gasteiger partial charge in [-0.15, -0.1) is 11.6 Å². The lowest BCUT2D eigenvalue weighted by molar-refractivity contribution is 1.02. The van der Waals surface area contributed by atoms with Crippen LogP contribution in [0.3, 0.4) is 0 Å². The van der Waals surface area contributed by atoms with Gasteiger partial charge in [0.25, 0.3) is 5.56 Å². The third-order valence-electron chi connectivity index (χ3n) is 1.62. The summed E-state index contributed by atoms with van der Waals surface area (Å²) in [5.74, 6) is 0.221. The molecule has 0 saturated carbocycles. The molecule has 0 aromatic carbocycles. The molecular weight excluding hydrogens is 311 g/mol. The van der Waals surface area contributed by atoms with Gasteiger partial charge >= 0.3 is 0 Å². The van der Waals surface area contributed by atoms with Crippen LogP contribution in [0, 0.1) is 0 Å². The predicted molar refractivity (Wildman–Crippen MR) is 61.6 cm³/mol. The van der Waals surface area contributed by atoms with Crippen LogP contribution in [0.1, 0.15) is 5.69 Å². The van der Waals surface area contributed by atoms with Gasteiger partial charge in [-0.25, -0.2) is 9.38 Å². The predicted octanol–water partition coefficient (Wildman–Crippen LogP) is 2.91. The Kier molecular flexibility index (Phi) is 2.83. The highest BCUT2D eigenvalue weighted by atomic mass is 79.9. The van der Waals surface area contributed by atoms with E-state index in [0.29, 0.717) is 19.6 Å². The fourth-order valence-corrected chi connectivity index (χ4v) is 2.94. The quantitative estimate of drug-likeness (QED) is 0.759. The Hall–Kier alpha value is -0.100. The summed E-state index contributed by atoms with van der Waals surface area (Å²) >= 11 is 15.9. The molecule has 0 bridgehead atoms. The van der Waals surface area contributed by atoms with Crippen molar-refractivity contribution >= 4 is 55.4 Å². The zero-order chi connectivity index (χ0) is 10.3. The Morgan fingerprint density at radius 3 is 3.00 bits per heavy atom. The van der Waals surface area contributed by atoms with Crippen molar-refractivity contribution in [3.05, 3.63) is 31.1 Å². The van der Waals surface area contributed by atoms with E-state index in [-0.39, 0.29) is 11.4 Å². The maximum Gasteiger partial charge on any atom is 0.259 e. The largest absolute Gasteiger partial charge is 0.269 e. The Morgan fingerprint density at radius 1 is 1.64 bits per heavy atom. The highest BCUT2D eigenvalue weighted by Crippen LogP contribution is 2.30. The van der Waals surface area contributed by atoms with Gasteiger partial charge in [0.1, 0.15) is 8.94 Å². The molecule has 0 saturated heterocycles. The van der Waals surface area contributed by atoms with E-state index < -0.39 is 0 Å². The molecule has 0 aliphatic heterocycles. The third-order valence-corrected chi connectivity index (χ3v) is 4.37. The number of nitrogens with zero attached hydrogens (tertiary/aromatic N) is 2. The van der Waals surface area contributed by atoms with E-state index in [1.54, 1.807) is 0 Å². The van der Waals surface area contributed by atoms with Crippen molar-refractivity contribution < 1.29 is 0 Å². The molecule has 2 aromatic rings. The molecule has 0 unspecified atom stereocenters. The molecule has 3 nitrogen and oxygen atoms in total. The van der Waals surface area contributed by atoms with Gasteiger partial charge < -0.3 is 0 Å². The Labute approximate surface area is 101 Å². The second-order valence-electron chi connectivity index (χ2n) is 2.50. The highest BCUT2D eigenvalue weighted by molar-refractivity contribution is 9.10. The summed E-state index contributed by atoms with van der Waals surface area (Å²) < 4.78 is 2.45. The summed E-state index contributed by atoms with van der Waals surface area (Å²) in [6, 6.07) is 1.40. The van der Waals surface area contributed by atoms with Crippen LogP contribution < -0.4 is 5.56 Å². The van der Waals surface area contributed by atoms with Gasteiger partial charge in [0.2, 0.25) is 0 Å². The van der Waals surface area contributed by atoms with Crippen molar-refractivity contribution in [2.24, 2.45) is 0 Å². The number of hydrogen-bond acceptors (Lipinski definition) is 3. The molecule has 0 fully saturated rings. The number of thiazole rings is 1. The molecule has 0 spiro atoms. The first-order valence-corrected chi connectivity index (χ1v) is 6.08. The summed E-state index contributed by atoms with van der Waals surface area (Å²) in [6.07, 6.45) is 0. The first kappa shape index (κ1) is 10.4. The number of rotatable bonds is 1. The van der Waals surface area contributed by atoms with E-state index in [4.69, 9.17) is 23.2 Å². The zero-order valence-corrected chi connectivity index (χ0v) is 10.5. The van der Waals surface area contributed by atoms with Crippen molar-refractivity contribution in [3.8, 4) is 0 Å². The topological polar surface area (TPSA) is 34.4 Å². The van der Waals surface area contributed by atoms with Crippen LogP contribution in [0.25, 0.3) is 4.96 Å². The average molecular weight is 314 g/mol. The monoisotopic (exact) mass is 312 g/mol. The SMILES string of the molecule is O=c1cc(CCl)nc2sc(Cl)c(Br)n12. The van der Waals surface area contributed by atoms with Crippen LogP contribution in [0.5, 0.6) is 0 Å². The van der Waals surface area contributed by atoms with Gasteiger partial charge in [-0.3, -0.25) is 4.79 Å². The number of halogens is 3. The molecule has 2 rings (SSSR count). The summed E-state index contributed by atoms with van der Waals surface area (Å²) in [7, 11) is 0. The first-order chi connectivity index (χ1) is 6.63. The molecule has 0 N–H and O–H groups in total. The Bertz CT molecular complexity index is 550. The lowest BCUT2D eigenvalue weighted by Gasteiger charge is -1.95. The van der Waals surface area contributed by atoms with Crippen LogP contribution in [0.2, 0.25) is 4.34 Å². The molecule has 74 valence electrons. The molecular formula is C7H3BrCl2N2OS. The molecule has 0 atom stereocenters. The molecule has 0 aliphatic carbocycles. The van der Waals surface area contributed by atoms with Crippen molar-refractivity contribution in [2.45, 2.75) is 5.88 Å². The summed E-state index contributed by atoms with van der Waals surface area (Å²) in [6.45, 7) is 0. The fraction of sp³-hybridized carbons (Fsp3) is 0.143. The van der Waals surface area contributed by atoms with Gasteiger partial charge in [-0.05, 0) is 15.9 Å². The third kappa shape index (κ3) is 1.58. The average Bonchev–Trinajstić information content (AvgIpc) is 2.43. The number of aromatic nitrogens is 2. The van der Waals surface area contributed by atoms with Gasteiger partial charge in [0, 0.05) is 6.07 Å². The molecule has 2 aromatic heterocycles. The highest BCUT2D eigenvalue weighted by Gasteiger charge is 2.11. The van der Waals surface area contributed by atoms with Crippen LogP contribution in [0.4, 0.5) is 0 Å². The minimum atomic E-state index is -0.180. The van der Waals surface area contributed by atoms with Crippen LogP contribution in [0.15, 0.2) is 15.5 Å². The second kappa shape index (κ2) is 3.81. The molecule has 0 amide bonds. The fourth-order valence-electron chi connectivity index (χ4n) is 1.03. The number of alkyl halides is 1. The minimum Gasteiger partial charge on any atom is -0.269 e. The van der Waals surface area contributed by atoms with Crippen molar-refractivity contribution in [3.63, 3.8) is 0 Å². The molecule has 0 radical (unpaired) electrons. The van der Waals surface area contributed by atoms with Crippen molar-refractivity contribution in [1.29, 1.82) is 0 Å². The van der Waals surface area contributed by atoms with Crippen molar-refractivity contribution in [1.82, 2.24) is 9.38 Å². The van der Waals surface area contributed by atoms with E-state index >= 15 is 0 Å². The summed E-state index contributed by atoms with van der Waals surface area (Å²) in [5, 5.41) is 0. The van der Waals surface area contributed by atoms with E-state index in [9.17, 15) is 4.79 Å². The van der Waals surface area contributed by atoms with Crippen LogP contribution in [-0.4, -0.2) is 9.38 Å². The molecule has 2 heterocycles. The van der Waals surface area contributed by atoms with Crippen LogP contribution in [-0.2, 0) is 5.88 Å². The molecule has 7 heteroatoms.